The summed E-state index contributed by atoms with van der Waals surface area (Å²) in [6.07, 6.45) is 21.6. The van der Waals surface area contributed by atoms with Crippen molar-refractivity contribution in [2.24, 2.45) is 5.92 Å². The molecule has 3 aliphatic heterocycles. The summed E-state index contributed by atoms with van der Waals surface area (Å²) in [5.41, 5.74) is 1.81. The van der Waals surface area contributed by atoms with Crippen LogP contribution in [0.3, 0.4) is 0 Å². The van der Waals surface area contributed by atoms with Gasteiger partial charge in [-0.05, 0) is 57.9 Å². The molecule has 2 fully saturated rings. The molecule has 0 N–H and O–H groups in total. The molecule has 0 saturated carbocycles. The van der Waals surface area contributed by atoms with E-state index >= 15 is 0 Å². The van der Waals surface area contributed by atoms with Crippen molar-refractivity contribution in [1.82, 2.24) is 0 Å². The monoisotopic (exact) mass is 570 g/mol. The maximum atomic E-state index is 13.1. The third kappa shape index (κ3) is 11.8. The predicted octanol–water partition coefficient (Wildman–Crippen LogP) is 5.87. The van der Waals surface area contributed by atoms with Crippen LogP contribution in [-0.4, -0.2) is 62.6 Å². The van der Waals surface area contributed by atoms with E-state index in [4.69, 9.17) is 23.7 Å². The molecule has 3 heterocycles. The van der Waals surface area contributed by atoms with E-state index in [2.05, 4.69) is 12.2 Å². The fourth-order valence-corrected chi connectivity index (χ4v) is 5.53. The van der Waals surface area contributed by atoms with Gasteiger partial charge in [-0.2, -0.15) is 0 Å². The van der Waals surface area contributed by atoms with Crippen LogP contribution < -0.4 is 0 Å². The van der Waals surface area contributed by atoms with E-state index in [0.29, 0.717) is 12.8 Å². The normalized spacial score (nSPS) is 32.0. The molecule has 8 nitrogen and oxygen atoms in total. The molecular weight excluding hydrogens is 524 g/mol. The number of hydrogen-bond donors (Lipinski definition) is 0. The summed E-state index contributed by atoms with van der Waals surface area (Å²) < 4.78 is 28.3. The number of methoxy groups -OCH3 is 2. The van der Waals surface area contributed by atoms with Crippen molar-refractivity contribution >= 4 is 17.9 Å². The van der Waals surface area contributed by atoms with Crippen molar-refractivity contribution in [2.75, 3.05) is 14.2 Å². The molecule has 0 aromatic carbocycles. The van der Waals surface area contributed by atoms with Gasteiger partial charge in [0.25, 0.3) is 0 Å². The quantitative estimate of drug-likeness (QED) is 0.129. The number of carbonyl (C=O) groups is 3. The van der Waals surface area contributed by atoms with Gasteiger partial charge in [-0.25, -0.2) is 4.79 Å². The molecule has 0 amide bonds. The average Bonchev–Trinajstić information content (AvgIpc) is 2.93. The van der Waals surface area contributed by atoms with Gasteiger partial charge in [0.05, 0.1) is 51.5 Å². The molecule has 0 aromatic rings. The SMILES string of the molecule is COC(=O)/C=C1\C[C@H]2CC(=O)O[C@@H](/C=C/C=C\C=C(/C)CC(=O)OC)[C@@H](C)/C=C/CC[C@H]3CCC[C@@H](C[C@@H](C1)O2)O3. The van der Waals surface area contributed by atoms with Crippen molar-refractivity contribution in [3.05, 3.63) is 59.8 Å². The number of fused-ring (bicyclic) bond motifs is 4. The Morgan fingerprint density at radius 3 is 2.49 bits per heavy atom. The molecule has 0 unspecified atom stereocenters. The smallest absolute Gasteiger partial charge is 0.330 e. The minimum atomic E-state index is -0.462. The van der Waals surface area contributed by atoms with Crippen molar-refractivity contribution in [1.29, 1.82) is 0 Å². The number of allylic oxidation sites excluding steroid dienone is 5. The summed E-state index contributed by atoms with van der Waals surface area (Å²) in [4.78, 5) is 36.5. The van der Waals surface area contributed by atoms with Crippen LogP contribution in [0.5, 0.6) is 0 Å². The van der Waals surface area contributed by atoms with Crippen LogP contribution in [0.2, 0.25) is 0 Å². The van der Waals surface area contributed by atoms with Gasteiger partial charge in [0.15, 0.2) is 0 Å². The summed E-state index contributed by atoms with van der Waals surface area (Å²) in [5.74, 6) is -1.06. The maximum absolute atomic E-state index is 13.1. The highest BCUT2D eigenvalue weighted by atomic mass is 16.6. The Kier molecular flexibility index (Phi) is 13.6. The van der Waals surface area contributed by atoms with Gasteiger partial charge in [0.2, 0.25) is 0 Å². The first-order valence-corrected chi connectivity index (χ1v) is 14.8. The van der Waals surface area contributed by atoms with Crippen LogP contribution in [0.4, 0.5) is 0 Å². The molecule has 2 saturated heterocycles. The third-order valence-electron chi connectivity index (χ3n) is 7.68. The van der Waals surface area contributed by atoms with Gasteiger partial charge in [-0.3, -0.25) is 9.59 Å². The van der Waals surface area contributed by atoms with E-state index in [-0.39, 0.29) is 55.1 Å². The minimum absolute atomic E-state index is 0.0389. The lowest BCUT2D eigenvalue weighted by Gasteiger charge is -2.36. The van der Waals surface area contributed by atoms with Crippen LogP contribution in [0.25, 0.3) is 0 Å². The first kappa shape index (κ1) is 32.5. The molecule has 4 bridgehead atoms. The van der Waals surface area contributed by atoms with Crippen LogP contribution in [0.15, 0.2) is 59.8 Å². The van der Waals surface area contributed by atoms with E-state index in [1.807, 2.05) is 44.2 Å². The zero-order chi connectivity index (χ0) is 29.6. The number of rotatable bonds is 6. The van der Waals surface area contributed by atoms with E-state index in [9.17, 15) is 14.4 Å². The van der Waals surface area contributed by atoms with Gasteiger partial charge in [-0.1, -0.05) is 54.5 Å². The van der Waals surface area contributed by atoms with Crippen LogP contribution in [0, 0.1) is 5.92 Å². The number of cyclic esters (lactones) is 1. The molecule has 3 aliphatic rings. The van der Waals surface area contributed by atoms with Gasteiger partial charge in [0, 0.05) is 18.4 Å². The highest BCUT2D eigenvalue weighted by molar-refractivity contribution is 5.82. The lowest BCUT2D eigenvalue weighted by molar-refractivity contribution is -0.154. The first-order chi connectivity index (χ1) is 19.7. The second-order valence-corrected chi connectivity index (χ2v) is 11.2. The standard InChI is InChI=1S/C33H46O8/c1-23(17-31(34)37-3)11-6-5-7-16-30-24(2)12-8-9-13-26-14-10-15-27(39-26)21-28-18-25(20-32(35)38-4)19-29(40-28)22-33(36)41-30/h5-8,11-12,16,20,24,26-30H,9-10,13-15,17-19,21-22H2,1-4H3/b6-5-,12-8+,16-7+,23-11+,25-20-/t24-,26-,27-,28+,29-,30-/m0/s1. The number of carbonyl (C=O) groups excluding carboxylic acids is 3. The number of ether oxygens (including phenoxy) is 5. The van der Waals surface area contributed by atoms with Crippen LogP contribution in [-0.2, 0) is 38.1 Å². The zero-order valence-corrected chi connectivity index (χ0v) is 24.9. The van der Waals surface area contributed by atoms with Gasteiger partial charge >= 0.3 is 17.9 Å². The molecule has 8 heteroatoms. The lowest BCUT2D eigenvalue weighted by Crippen LogP contribution is -2.37. The minimum Gasteiger partial charge on any atom is -0.469 e. The van der Waals surface area contributed by atoms with E-state index in [0.717, 1.165) is 49.7 Å². The van der Waals surface area contributed by atoms with E-state index in [1.54, 1.807) is 0 Å². The van der Waals surface area contributed by atoms with E-state index < -0.39 is 12.1 Å². The lowest BCUT2D eigenvalue weighted by atomic mass is 9.90. The molecular formula is C33H46O8. The fourth-order valence-electron chi connectivity index (χ4n) is 5.53. The Morgan fingerprint density at radius 1 is 0.951 bits per heavy atom. The summed E-state index contributed by atoms with van der Waals surface area (Å²) in [7, 11) is 2.74. The van der Waals surface area contributed by atoms with Gasteiger partial charge < -0.3 is 23.7 Å². The highest BCUT2D eigenvalue weighted by Gasteiger charge is 2.33. The summed E-state index contributed by atoms with van der Waals surface area (Å²) >= 11 is 0. The Hall–Kier alpha value is -2.97. The van der Waals surface area contributed by atoms with Crippen LogP contribution >= 0.6 is 0 Å². The first-order valence-electron chi connectivity index (χ1n) is 14.8. The molecule has 0 aromatic heterocycles. The highest BCUT2D eigenvalue weighted by Crippen LogP contribution is 2.33. The second-order valence-electron chi connectivity index (χ2n) is 11.2. The third-order valence-corrected chi connectivity index (χ3v) is 7.68. The van der Waals surface area contributed by atoms with Crippen molar-refractivity contribution in [2.45, 2.75) is 109 Å². The summed E-state index contributed by atoms with van der Waals surface area (Å²) in [6, 6.07) is 0. The average molecular weight is 571 g/mol. The Labute approximate surface area is 244 Å². The van der Waals surface area contributed by atoms with Crippen molar-refractivity contribution in [3.63, 3.8) is 0 Å². The van der Waals surface area contributed by atoms with Gasteiger partial charge in [0.1, 0.15) is 6.10 Å². The van der Waals surface area contributed by atoms with Crippen molar-refractivity contribution < 1.29 is 38.1 Å². The largest absolute Gasteiger partial charge is 0.469 e. The summed E-state index contributed by atoms with van der Waals surface area (Å²) in [5, 5.41) is 0. The predicted molar refractivity (Wildman–Crippen MR) is 156 cm³/mol. The fraction of sp³-hybridized carbons (Fsp3) is 0.606. The topological polar surface area (TPSA) is 97.4 Å². The molecule has 0 aliphatic carbocycles. The molecule has 0 radical (unpaired) electrons. The Morgan fingerprint density at radius 2 is 1.71 bits per heavy atom. The number of esters is 3. The summed E-state index contributed by atoms with van der Waals surface area (Å²) in [6.45, 7) is 3.90. The van der Waals surface area contributed by atoms with Gasteiger partial charge in [-0.15, -0.1) is 0 Å². The second kappa shape index (κ2) is 17.1. The molecule has 0 spiro atoms. The maximum Gasteiger partial charge on any atom is 0.330 e. The molecule has 41 heavy (non-hydrogen) atoms. The van der Waals surface area contributed by atoms with Crippen LogP contribution in [0.1, 0.15) is 78.1 Å². The van der Waals surface area contributed by atoms with Crippen molar-refractivity contribution in [3.8, 4) is 0 Å². The molecule has 226 valence electrons. The molecule has 3 rings (SSSR count). The Bertz CT molecular complexity index is 1040. The Balaban J connectivity index is 1.76. The van der Waals surface area contributed by atoms with E-state index in [1.165, 1.54) is 20.3 Å². The zero-order valence-electron chi connectivity index (χ0n) is 24.9. The number of hydrogen-bond acceptors (Lipinski definition) is 8. The molecule has 6 atom stereocenters.